The minimum absolute atomic E-state index is 0.0353. The minimum atomic E-state index is -2.92. The van der Waals surface area contributed by atoms with Crippen LogP contribution in [0, 0.1) is 21.3 Å². The summed E-state index contributed by atoms with van der Waals surface area (Å²) in [5.41, 5.74) is -1.32. The first kappa shape index (κ1) is 16.8. The average molecular weight is 363 g/mol. The Balaban J connectivity index is 1.79. The van der Waals surface area contributed by atoms with Crippen LogP contribution in [0.25, 0.3) is 11.1 Å². The molecule has 5 nitrogen and oxygen atoms in total. The number of alkyl halides is 2. The van der Waals surface area contributed by atoms with Gasteiger partial charge in [-0.15, -0.1) is 0 Å². The summed E-state index contributed by atoms with van der Waals surface area (Å²) < 4.78 is 43.2. The van der Waals surface area contributed by atoms with Crippen LogP contribution in [-0.4, -0.2) is 28.9 Å². The normalized spacial score (nSPS) is 20.2. The standard InChI is InChI=1S/C18H16F3N3O2/c19-14-4-2-1-3-12(14)13-5-9-22-16(15(13)24(25)26)23-10-8-17(6-7-17)18(20,21)11-23/h1-5,9H,6-8,10-11H2. The molecule has 26 heavy (non-hydrogen) atoms. The third-order valence-corrected chi connectivity index (χ3v) is 5.43. The van der Waals surface area contributed by atoms with E-state index in [0.717, 1.165) is 0 Å². The number of halogens is 3. The van der Waals surface area contributed by atoms with Gasteiger partial charge in [-0.05, 0) is 31.4 Å². The van der Waals surface area contributed by atoms with E-state index >= 15 is 0 Å². The van der Waals surface area contributed by atoms with Crippen molar-refractivity contribution in [3.8, 4) is 11.1 Å². The third kappa shape index (κ3) is 2.51. The molecular formula is C18H16F3N3O2. The number of pyridine rings is 1. The SMILES string of the molecule is O=[N+]([O-])c1c(-c2ccccc2F)ccnc1N1CCC2(CC2)C(F)(F)C1. The molecule has 8 heteroatoms. The van der Waals surface area contributed by atoms with Crippen molar-refractivity contribution in [2.24, 2.45) is 5.41 Å². The molecule has 4 rings (SSSR count). The van der Waals surface area contributed by atoms with E-state index in [9.17, 15) is 23.3 Å². The molecule has 1 aliphatic carbocycles. The Morgan fingerprint density at radius 3 is 2.46 bits per heavy atom. The summed E-state index contributed by atoms with van der Waals surface area (Å²) in [7, 11) is 0. The van der Waals surface area contributed by atoms with Gasteiger partial charge in [0.05, 0.1) is 17.0 Å². The summed E-state index contributed by atoms with van der Waals surface area (Å²) in [6.45, 7) is -0.342. The topological polar surface area (TPSA) is 59.3 Å². The van der Waals surface area contributed by atoms with Gasteiger partial charge in [0.1, 0.15) is 5.82 Å². The zero-order chi connectivity index (χ0) is 18.5. The summed E-state index contributed by atoms with van der Waals surface area (Å²) in [5, 5.41) is 11.7. The first-order chi connectivity index (χ1) is 12.3. The molecule has 0 bridgehead atoms. The second-order valence-corrected chi connectivity index (χ2v) is 6.92. The van der Waals surface area contributed by atoms with Crippen molar-refractivity contribution in [2.45, 2.75) is 25.2 Å². The summed E-state index contributed by atoms with van der Waals surface area (Å²) in [4.78, 5) is 16.3. The Bertz CT molecular complexity index is 884. The fourth-order valence-corrected chi connectivity index (χ4v) is 3.72. The van der Waals surface area contributed by atoms with Crippen LogP contribution < -0.4 is 4.90 Å². The van der Waals surface area contributed by atoms with E-state index in [4.69, 9.17) is 0 Å². The number of rotatable bonds is 3. The maximum atomic E-state index is 14.5. The smallest absolute Gasteiger partial charge is 0.319 e. The number of hydrogen-bond donors (Lipinski definition) is 0. The lowest BCUT2D eigenvalue weighted by molar-refractivity contribution is -0.383. The summed E-state index contributed by atoms with van der Waals surface area (Å²) in [6.07, 6.45) is 2.53. The maximum absolute atomic E-state index is 14.5. The number of anilines is 1. The monoisotopic (exact) mass is 363 g/mol. The molecule has 1 saturated carbocycles. The molecule has 1 aromatic carbocycles. The summed E-state index contributed by atoms with van der Waals surface area (Å²) in [5.74, 6) is -3.67. The largest absolute Gasteiger partial charge is 0.345 e. The molecule has 136 valence electrons. The van der Waals surface area contributed by atoms with Crippen molar-refractivity contribution in [1.82, 2.24) is 4.98 Å². The highest BCUT2D eigenvalue weighted by atomic mass is 19.3. The Morgan fingerprint density at radius 1 is 1.12 bits per heavy atom. The highest BCUT2D eigenvalue weighted by Gasteiger charge is 2.64. The van der Waals surface area contributed by atoms with E-state index in [0.29, 0.717) is 12.8 Å². The van der Waals surface area contributed by atoms with Gasteiger partial charge in [-0.25, -0.2) is 18.2 Å². The molecule has 2 heterocycles. The van der Waals surface area contributed by atoms with Gasteiger partial charge in [0.25, 0.3) is 5.92 Å². The van der Waals surface area contributed by atoms with E-state index in [1.807, 2.05) is 0 Å². The fraction of sp³-hybridized carbons (Fsp3) is 0.389. The first-order valence-corrected chi connectivity index (χ1v) is 8.36. The van der Waals surface area contributed by atoms with Crippen LogP contribution in [0.5, 0.6) is 0 Å². The average Bonchev–Trinajstić information content (AvgIpc) is 3.39. The van der Waals surface area contributed by atoms with Gasteiger partial charge in [0.2, 0.25) is 5.82 Å². The number of piperidine rings is 1. The van der Waals surface area contributed by atoms with Gasteiger partial charge in [0.15, 0.2) is 0 Å². The lowest BCUT2D eigenvalue weighted by Gasteiger charge is -2.39. The molecule has 0 unspecified atom stereocenters. The summed E-state index contributed by atoms with van der Waals surface area (Å²) >= 11 is 0. The molecule has 0 N–H and O–H groups in total. The van der Waals surface area contributed by atoms with Gasteiger partial charge in [-0.1, -0.05) is 18.2 Å². The van der Waals surface area contributed by atoms with E-state index in [1.165, 1.54) is 35.4 Å². The second-order valence-electron chi connectivity index (χ2n) is 6.92. The van der Waals surface area contributed by atoms with Gasteiger partial charge in [-0.3, -0.25) is 10.1 Å². The Kier molecular flexibility index (Phi) is 3.68. The van der Waals surface area contributed by atoms with Crippen LogP contribution >= 0.6 is 0 Å². The molecule has 2 aromatic rings. The molecular weight excluding hydrogens is 347 g/mol. The zero-order valence-corrected chi connectivity index (χ0v) is 13.8. The lowest BCUT2D eigenvalue weighted by atomic mass is 9.89. The number of benzene rings is 1. The second kappa shape index (κ2) is 5.69. The van der Waals surface area contributed by atoms with Crippen molar-refractivity contribution in [3.63, 3.8) is 0 Å². The quantitative estimate of drug-likeness (QED) is 0.598. The van der Waals surface area contributed by atoms with Gasteiger partial charge in [-0.2, -0.15) is 0 Å². The molecule has 1 saturated heterocycles. The molecule has 1 aromatic heterocycles. The van der Waals surface area contributed by atoms with Crippen LogP contribution in [0.4, 0.5) is 24.7 Å². The highest BCUT2D eigenvalue weighted by Crippen LogP contribution is 2.61. The summed E-state index contributed by atoms with van der Waals surface area (Å²) in [6, 6.07) is 7.00. The molecule has 0 amide bonds. The Morgan fingerprint density at radius 2 is 1.85 bits per heavy atom. The fourth-order valence-electron chi connectivity index (χ4n) is 3.72. The molecule has 0 radical (unpaired) electrons. The predicted octanol–water partition coefficient (Wildman–Crippen LogP) is 4.42. The molecule has 0 atom stereocenters. The van der Waals surface area contributed by atoms with Gasteiger partial charge < -0.3 is 4.90 Å². The zero-order valence-electron chi connectivity index (χ0n) is 13.8. The number of hydrogen-bond acceptors (Lipinski definition) is 4. The number of aromatic nitrogens is 1. The molecule has 1 aliphatic heterocycles. The van der Waals surface area contributed by atoms with Crippen LogP contribution in [-0.2, 0) is 0 Å². The van der Waals surface area contributed by atoms with E-state index in [-0.39, 0.29) is 29.9 Å². The van der Waals surface area contributed by atoms with Crippen LogP contribution in [0.15, 0.2) is 36.5 Å². The molecule has 1 spiro atoms. The van der Waals surface area contributed by atoms with E-state index in [1.54, 1.807) is 6.07 Å². The first-order valence-electron chi connectivity index (χ1n) is 8.36. The van der Waals surface area contributed by atoms with Crippen molar-refractivity contribution in [1.29, 1.82) is 0 Å². The van der Waals surface area contributed by atoms with Crippen LogP contribution in [0.3, 0.4) is 0 Å². The number of nitrogens with zero attached hydrogens (tertiary/aromatic N) is 3. The Hall–Kier alpha value is -2.64. The van der Waals surface area contributed by atoms with Crippen LogP contribution in [0.1, 0.15) is 19.3 Å². The Labute approximate surface area is 147 Å². The minimum Gasteiger partial charge on any atom is -0.345 e. The number of nitro groups is 1. The lowest BCUT2D eigenvalue weighted by Crippen LogP contribution is -2.50. The van der Waals surface area contributed by atoms with Crippen molar-refractivity contribution in [2.75, 3.05) is 18.0 Å². The van der Waals surface area contributed by atoms with Crippen LogP contribution in [0.2, 0.25) is 0 Å². The molecule has 2 aliphatic rings. The van der Waals surface area contributed by atoms with Gasteiger partial charge in [0, 0.05) is 23.7 Å². The van der Waals surface area contributed by atoms with Gasteiger partial charge >= 0.3 is 5.69 Å². The van der Waals surface area contributed by atoms with E-state index in [2.05, 4.69) is 4.98 Å². The van der Waals surface area contributed by atoms with Crippen molar-refractivity contribution >= 4 is 11.5 Å². The predicted molar refractivity (Wildman–Crippen MR) is 89.7 cm³/mol. The van der Waals surface area contributed by atoms with Crippen molar-refractivity contribution in [3.05, 3.63) is 52.5 Å². The third-order valence-electron chi connectivity index (χ3n) is 5.43. The highest BCUT2D eigenvalue weighted by molar-refractivity contribution is 5.80. The maximum Gasteiger partial charge on any atom is 0.319 e. The van der Waals surface area contributed by atoms with E-state index < -0.39 is 34.3 Å². The molecule has 2 fully saturated rings. The van der Waals surface area contributed by atoms with Crippen molar-refractivity contribution < 1.29 is 18.1 Å².